The minimum atomic E-state index is -0.503. The number of esters is 1. The maximum Gasteiger partial charge on any atom is 0.341 e. The second kappa shape index (κ2) is 11.6. The summed E-state index contributed by atoms with van der Waals surface area (Å²) in [7, 11) is 1.33. The third-order valence-electron chi connectivity index (χ3n) is 5.26. The number of nitrogens with zero attached hydrogens (tertiary/aromatic N) is 3. The number of rotatable bonds is 9. The first-order valence-electron chi connectivity index (χ1n) is 10.9. The summed E-state index contributed by atoms with van der Waals surface area (Å²) in [5.41, 5.74) is 2.73. The fourth-order valence-corrected chi connectivity index (χ4v) is 5.75. The molecule has 2 heterocycles. The fraction of sp³-hybridized carbons (Fsp3) is 0.154. The van der Waals surface area contributed by atoms with E-state index in [1.165, 1.54) is 30.2 Å². The van der Waals surface area contributed by atoms with Crippen molar-refractivity contribution in [1.29, 1.82) is 0 Å². The van der Waals surface area contributed by atoms with E-state index in [0.29, 0.717) is 33.1 Å². The zero-order chi connectivity index (χ0) is 25.7. The van der Waals surface area contributed by atoms with Crippen molar-refractivity contribution in [1.82, 2.24) is 14.8 Å². The number of carbonyl (C=O) groups is 2. The zero-order valence-electron chi connectivity index (χ0n) is 19.7. The van der Waals surface area contributed by atoms with E-state index in [0.717, 1.165) is 21.6 Å². The lowest BCUT2D eigenvalue weighted by atomic mass is 10.0. The van der Waals surface area contributed by atoms with E-state index in [-0.39, 0.29) is 11.7 Å². The molecular weight excluding hydrogens is 516 g/mol. The molecule has 2 aromatic carbocycles. The highest BCUT2D eigenvalue weighted by atomic mass is 35.5. The lowest BCUT2D eigenvalue weighted by Gasteiger charge is -2.09. The smallest absolute Gasteiger partial charge is 0.341 e. The highest BCUT2D eigenvalue weighted by molar-refractivity contribution is 7.99. The topological polar surface area (TPSA) is 86.1 Å². The van der Waals surface area contributed by atoms with E-state index in [1.807, 2.05) is 60.0 Å². The Hall–Kier alpha value is -3.40. The standard InChI is InChI=1S/C26H23ClN4O3S2/c1-4-14-31-23(18-12-8-9-13-19(18)27)29-30-26(31)35-15-20(32)28-24-22(25(33)34-3)21(16(2)36-24)17-10-6-5-7-11-17/h4-13H,1,14-15H2,2-3H3,(H,28,32). The highest BCUT2D eigenvalue weighted by Gasteiger charge is 2.25. The molecule has 7 nitrogen and oxygen atoms in total. The summed E-state index contributed by atoms with van der Waals surface area (Å²) in [4.78, 5) is 26.5. The van der Waals surface area contributed by atoms with Crippen molar-refractivity contribution >= 4 is 51.6 Å². The lowest BCUT2D eigenvalue weighted by molar-refractivity contribution is -0.113. The number of nitrogens with one attached hydrogen (secondary N) is 1. The molecule has 0 unspecified atom stereocenters. The Balaban J connectivity index is 1.56. The van der Waals surface area contributed by atoms with Crippen LogP contribution in [0, 0.1) is 6.92 Å². The summed E-state index contributed by atoms with van der Waals surface area (Å²) in [6.45, 7) is 6.18. The van der Waals surface area contributed by atoms with Gasteiger partial charge in [-0.25, -0.2) is 4.79 Å². The summed E-state index contributed by atoms with van der Waals surface area (Å²) in [5.74, 6) is -0.122. The van der Waals surface area contributed by atoms with Gasteiger partial charge in [-0.2, -0.15) is 0 Å². The SMILES string of the molecule is C=CCn1c(SCC(=O)Nc2sc(C)c(-c3ccccc3)c2C(=O)OC)nnc1-c1ccccc1Cl. The van der Waals surface area contributed by atoms with Crippen LogP contribution in [0.4, 0.5) is 5.00 Å². The molecule has 0 aliphatic heterocycles. The number of hydrogen-bond acceptors (Lipinski definition) is 7. The number of thioether (sulfide) groups is 1. The maximum absolute atomic E-state index is 12.9. The predicted octanol–water partition coefficient (Wildman–Crippen LogP) is 6.34. The first kappa shape index (κ1) is 25.7. The van der Waals surface area contributed by atoms with E-state index in [9.17, 15) is 9.59 Å². The van der Waals surface area contributed by atoms with Gasteiger partial charge in [-0.15, -0.1) is 28.1 Å². The number of benzene rings is 2. The molecule has 1 N–H and O–H groups in total. The molecule has 36 heavy (non-hydrogen) atoms. The quantitative estimate of drug-likeness (QED) is 0.152. The van der Waals surface area contributed by atoms with Gasteiger partial charge in [-0.1, -0.05) is 71.9 Å². The van der Waals surface area contributed by atoms with Crippen LogP contribution in [0.25, 0.3) is 22.5 Å². The molecule has 0 aliphatic carbocycles. The Bertz CT molecular complexity index is 1420. The number of amides is 1. The third kappa shape index (κ3) is 5.38. The Labute approximate surface area is 222 Å². The van der Waals surface area contributed by atoms with E-state index in [1.54, 1.807) is 12.1 Å². The van der Waals surface area contributed by atoms with Crippen molar-refractivity contribution in [2.75, 3.05) is 18.2 Å². The molecule has 0 saturated carbocycles. The van der Waals surface area contributed by atoms with Crippen LogP contribution in [0.3, 0.4) is 0 Å². The molecule has 0 spiro atoms. The van der Waals surface area contributed by atoms with E-state index < -0.39 is 5.97 Å². The number of halogens is 1. The van der Waals surface area contributed by atoms with E-state index in [2.05, 4.69) is 22.1 Å². The van der Waals surface area contributed by atoms with Crippen molar-refractivity contribution in [2.24, 2.45) is 0 Å². The van der Waals surface area contributed by atoms with Crippen LogP contribution in [0.2, 0.25) is 5.02 Å². The molecule has 2 aromatic heterocycles. The number of thiophene rings is 1. The summed E-state index contributed by atoms with van der Waals surface area (Å²) < 4.78 is 6.89. The van der Waals surface area contributed by atoms with Gasteiger partial charge in [0.2, 0.25) is 5.91 Å². The highest BCUT2D eigenvalue weighted by Crippen LogP contribution is 2.40. The minimum absolute atomic E-state index is 0.0655. The normalized spacial score (nSPS) is 10.8. The third-order valence-corrected chi connectivity index (χ3v) is 7.58. The monoisotopic (exact) mass is 538 g/mol. The van der Waals surface area contributed by atoms with Crippen LogP contribution >= 0.6 is 34.7 Å². The van der Waals surface area contributed by atoms with Gasteiger partial charge in [0.25, 0.3) is 0 Å². The molecule has 184 valence electrons. The van der Waals surface area contributed by atoms with E-state index in [4.69, 9.17) is 16.3 Å². The average molecular weight is 539 g/mol. The number of aromatic nitrogens is 3. The van der Waals surface area contributed by atoms with Gasteiger partial charge in [0.05, 0.1) is 17.9 Å². The van der Waals surface area contributed by atoms with Crippen LogP contribution in [0.15, 0.2) is 72.4 Å². The summed E-state index contributed by atoms with van der Waals surface area (Å²) in [5, 5.41) is 13.0. The maximum atomic E-state index is 12.9. The Kier molecular flexibility index (Phi) is 8.25. The summed E-state index contributed by atoms with van der Waals surface area (Å²) in [6.07, 6.45) is 1.73. The number of methoxy groups -OCH3 is 1. The minimum Gasteiger partial charge on any atom is -0.465 e. The van der Waals surface area contributed by atoms with Gasteiger partial charge in [-0.3, -0.25) is 9.36 Å². The molecule has 0 bridgehead atoms. The molecule has 0 atom stereocenters. The van der Waals surface area contributed by atoms with Crippen molar-refractivity contribution in [3.8, 4) is 22.5 Å². The summed E-state index contributed by atoms with van der Waals surface area (Å²) >= 11 is 8.93. The van der Waals surface area contributed by atoms with Crippen LogP contribution in [-0.4, -0.2) is 39.5 Å². The molecule has 10 heteroatoms. The largest absolute Gasteiger partial charge is 0.465 e. The van der Waals surface area contributed by atoms with Crippen LogP contribution in [0.5, 0.6) is 0 Å². The zero-order valence-corrected chi connectivity index (χ0v) is 22.0. The molecule has 0 aliphatic rings. The van der Waals surface area contributed by atoms with Crippen LogP contribution < -0.4 is 5.32 Å². The summed E-state index contributed by atoms with van der Waals surface area (Å²) in [6, 6.07) is 16.9. The average Bonchev–Trinajstić information content (AvgIpc) is 3.43. The number of ether oxygens (including phenoxy) is 1. The second-order valence-electron chi connectivity index (χ2n) is 7.62. The van der Waals surface area contributed by atoms with Gasteiger partial charge in [0.15, 0.2) is 11.0 Å². The van der Waals surface area contributed by atoms with Crippen molar-refractivity contribution in [2.45, 2.75) is 18.6 Å². The number of hydrogen-bond donors (Lipinski definition) is 1. The number of anilines is 1. The molecule has 4 aromatic rings. The lowest BCUT2D eigenvalue weighted by Crippen LogP contribution is -2.16. The van der Waals surface area contributed by atoms with Crippen molar-refractivity contribution < 1.29 is 14.3 Å². The molecule has 4 rings (SSSR count). The first-order chi connectivity index (χ1) is 17.4. The molecule has 0 fully saturated rings. The fourth-order valence-electron chi connectivity index (χ4n) is 3.71. The Morgan fingerprint density at radius 3 is 2.58 bits per heavy atom. The Morgan fingerprint density at radius 1 is 1.17 bits per heavy atom. The van der Waals surface area contributed by atoms with Gasteiger partial charge < -0.3 is 10.1 Å². The van der Waals surface area contributed by atoms with Gasteiger partial charge in [0, 0.05) is 22.5 Å². The van der Waals surface area contributed by atoms with Crippen molar-refractivity contribution in [3.05, 3.63) is 82.7 Å². The van der Waals surface area contributed by atoms with Gasteiger partial charge >= 0.3 is 5.97 Å². The van der Waals surface area contributed by atoms with E-state index >= 15 is 0 Å². The Morgan fingerprint density at radius 2 is 1.89 bits per heavy atom. The van der Waals surface area contributed by atoms with Gasteiger partial charge in [0.1, 0.15) is 10.6 Å². The van der Waals surface area contributed by atoms with Crippen molar-refractivity contribution in [3.63, 3.8) is 0 Å². The molecule has 0 radical (unpaired) electrons. The molecule has 1 amide bonds. The first-order valence-corrected chi connectivity index (χ1v) is 13.1. The predicted molar refractivity (Wildman–Crippen MR) is 146 cm³/mol. The van der Waals surface area contributed by atoms with Crippen LogP contribution in [-0.2, 0) is 16.1 Å². The van der Waals surface area contributed by atoms with Gasteiger partial charge in [-0.05, 0) is 24.6 Å². The number of allylic oxidation sites excluding steroid dienone is 1. The van der Waals surface area contributed by atoms with Crippen LogP contribution in [0.1, 0.15) is 15.2 Å². The number of aryl methyl sites for hydroxylation is 1. The molecular formula is C26H23ClN4O3S2. The molecule has 0 saturated heterocycles. The second-order valence-corrected chi connectivity index (χ2v) is 10.2. The number of carbonyl (C=O) groups excluding carboxylic acids is 2.